The fourth-order valence-electron chi connectivity index (χ4n) is 10.3. The second-order valence-corrected chi connectivity index (χ2v) is 20.9. The molecule has 8 aromatic heterocycles. The molecule has 1 aliphatic carbocycles. The van der Waals surface area contributed by atoms with Gasteiger partial charge < -0.3 is 4.57 Å². The molecule has 478 valence electrons. The van der Waals surface area contributed by atoms with Gasteiger partial charge in [0.25, 0.3) is 0 Å². The summed E-state index contributed by atoms with van der Waals surface area (Å²) < 4.78 is 5.45. The Labute approximate surface area is 598 Å². The maximum atomic E-state index is 4.69. The topological polar surface area (TPSA) is 226 Å². The van der Waals surface area contributed by atoms with E-state index in [4.69, 9.17) is 5.10 Å². The minimum absolute atomic E-state index is 0. The van der Waals surface area contributed by atoms with Gasteiger partial charge in [0.05, 0.1) is 71.7 Å². The smallest absolute Gasteiger partial charge is 0.160 e. The van der Waals surface area contributed by atoms with Gasteiger partial charge in [0.2, 0.25) is 0 Å². The zero-order chi connectivity index (χ0) is 61.4. The summed E-state index contributed by atoms with van der Waals surface area (Å²) in [5, 5.41) is 27.2. The van der Waals surface area contributed by atoms with Crippen molar-refractivity contribution in [2.45, 2.75) is 65.7 Å². The molecule has 0 saturated heterocycles. The van der Waals surface area contributed by atoms with Crippen molar-refractivity contribution in [3.63, 3.8) is 0 Å². The van der Waals surface area contributed by atoms with E-state index in [2.05, 4.69) is 156 Å². The van der Waals surface area contributed by atoms with Gasteiger partial charge in [0, 0.05) is 97.9 Å². The molecular formula is C70H58Ir4N20-4. The number of hydrogen-bond acceptors (Lipinski definition) is 16. The zero-order valence-electron chi connectivity index (χ0n) is 51.1. The molecule has 0 unspecified atom stereocenters. The number of benzene rings is 6. The van der Waals surface area contributed by atoms with Crippen molar-refractivity contribution >= 4 is 0 Å². The van der Waals surface area contributed by atoms with Gasteiger partial charge in [0.1, 0.15) is 48.5 Å². The van der Waals surface area contributed by atoms with Crippen LogP contribution in [0.3, 0.4) is 0 Å². The average Bonchev–Trinajstić information content (AvgIpc) is 1.62. The first-order valence-corrected chi connectivity index (χ1v) is 29.2. The fourth-order valence-corrected chi connectivity index (χ4v) is 10.3. The normalized spacial score (nSPS) is 11.4. The largest absolute Gasteiger partial charge is 0.300 e. The van der Waals surface area contributed by atoms with Crippen LogP contribution in [0.15, 0.2) is 214 Å². The number of aryl methyl sites for hydroxylation is 4. The van der Waals surface area contributed by atoms with Crippen molar-refractivity contribution < 1.29 is 80.4 Å². The summed E-state index contributed by atoms with van der Waals surface area (Å²) >= 11 is 0. The first-order chi connectivity index (χ1) is 44.3. The van der Waals surface area contributed by atoms with E-state index in [-0.39, 0.29) is 80.4 Å². The fraction of sp³-hybridized carbons (Fsp3) is 0.143. The molecule has 1 aliphatic rings. The molecule has 0 spiro atoms. The van der Waals surface area contributed by atoms with Crippen molar-refractivity contribution in [1.82, 2.24) is 99.2 Å². The molecule has 24 heteroatoms. The van der Waals surface area contributed by atoms with Gasteiger partial charge in [-0.15, -0.1) is 148 Å². The molecule has 14 aromatic rings. The molecule has 20 nitrogen and oxygen atoms in total. The van der Waals surface area contributed by atoms with Crippen LogP contribution in [0.4, 0.5) is 0 Å². The van der Waals surface area contributed by atoms with Gasteiger partial charge in [0.15, 0.2) is 5.82 Å². The van der Waals surface area contributed by atoms with Crippen molar-refractivity contribution in [3.8, 4) is 90.9 Å². The monoisotopic (exact) mass is 1950 g/mol. The van der Waals surface area contributed by atoms with E-state index in [0.717, 1.165) is 96.5 Å². The van der Waals surface area contributed by atoms with Gasteiger partial charge in [-0.05, 0) is 69.7 Å². The predicted octanol–water partition coefficient (Wildman–Crippen LogP) is 12.7. The molecule has 4 radical (unpaired) electrons. The molecule has 94 heavy (non-hydrogen) atoms. The summed E-state index contributed by atoms with van der Waals surface area (Å²) in [5.41, 5.74) is 13.3. The van der Waals surface area contributed by atoms with Crippen LogP contribution in [-0.2, 0) is 80.4 Å². The maximum absolute atomic E-state index is 4.69. The molecule has 1 saturated carbocycles. The summed E-state index contributed by atoms with van der Waals surface area (Å²) in [6, 6.07) is 60.8. The van der Waals surface area contributed by atoms with Crippen molar-refractivity contribution in [2.24, 2.45) is 0 Å². The van der Waals surface area contributed by atoms with E-state index >= 15 is 0 Å². The standard InChI is InChI=1S/C25H24N5.C19H14N5.2C13H10N5.4Ir/c1-18-7-5-11-21(15-18)24-28-29-25(30(24)23-13-14-26-17-27-23)22-12-6-10-20(16-22)19-8-3-2-4-9-19;1-14-7-5-6-10-17(14)19-18(15-8-3-2-4-9-15)22-24(23-19)16-11-20-13-21-12-16;2*1-10-16-13(11-5-3-2-4-6-11)18(17-10)12-7-14-9-15-8-12;;;;/h5-7,10-11,13-17,19H,2-4,8-9H2,1H3;2-8,10-13H,1H3;2*2-5,7-9H,1H3;;;;/q4*-1;;;;. The van der Waals surface area contributed by atoms with Crippen LogP contribution < -0.4 is 0 Å². The van der Waals surface area contributed by atoms with Crippen molar-refractivity contribution in [1.29, 1.82) is 0 Å². The quantitative estimate of drug-likeness (QED) is 0.110. The summed E-state index contributed by atoms with van der Waals surface area (Å²) in [5.74, 6) is 5.77. The third-order valence-corrected chi connectivity index (χ3v) is 14.5. The van der Waals surface area contributed by atoms with Gasteiger partial charge in [-0.3, -0.25) is 19.3 Å². The Bertz CT molecular complexity index is 4340. The Hall–Kier alpha value is -9.20. The van der Waals surface area contributed by atoms with E-state index in [1.54, 1.807) is 63.9 Å². The number of nitrogens with zero attached hydrogens (tertiary/aromatic N) is 20. The molecule has 0 amide bonds. The second-order valence-electron chi connectivity index (χ2n) is 20.9. The average molecular weight is 1950 g/mol. The molecule has 1 fully saturated rings. The minimum atomic E-state index is 0. The van der Waals surface area contributed by atoms with Gasteiger partial charge in [-0.2, -0.15) is 30.3 Å². The molecule has 15 rings (SSSR count). The Balaban J connectivity index is 0.000000162. The number of aromatic nitrogens is 20. The molecule has 0 bridgehead atoms. The van der Waals surface area contributed by atoms with E-state index < -0.39 is 0 Å². The molecule has 0 atom stereocenters. The van der Waals surface area contributed by atoms with E-state index in [1.807, 2.05) is 122 Å². The third-order valence-electron chi connectivity index (χ3n) is 14.5. The first kappa shape index (κ1) is 70.7. The summed E-state index contributed by atoms with van der Waals surface area (Å²) in [7, 11) is 0. The van der Waals surface area contributed by atoms with E-state index in [0.29, 0.717) is 17.6 Å². The zero-order valence-corrected chi connectivity index (χ0v) is 60.7. The van der Waals surface area contributed by atoms with E-state index in [9.17, 15) is 0 Å². The Morgan fingerprint density at radius 2 is 0.957 bits per heavy atom. The van der Waals surface area contributed by atoms with Crippen LogP contribution >= 0.6 is 0 Å². The Morgan fingerprint density at radius 1 is 0.426 bits per heavy atom. The van der Waals surface area contributed by atoms with Gasteiger partial charge >= 0.3 is 0 Å². The maximum Gasteiger partial charge on any atom is 0.160 e. The number of hydrogen-bond donors (Lipinski definition) is 0. The summed E-state index contributed by atoms with van der Waals surface area (Å²) in [6.45, 7) is 7.86. The van der Waals surface area contributed by atoms with Crippen LogP contribution in [0.2, 0.25) is 0 Å². The van der Waals surface area contributed by atoms with Crippen LogP contribution in [0.5, 0.6) is 0 Å². The van der Waals surface area contributed by atoms with E-state index in [1.165, 1.54) is 62.2 Å². The second kappa shape index (κ2) is 34.6. The van der Waals surface area contributed by atoms with Crippen LogP contribution in [0.1, 0.15) is 66.4 Å². The van der Waals surface area contributed by atoms with Gasteiger partial charge in [-0.25, -0.2) is 39.9 Å². The summed E-state index contributed by atoms with van der Waals surface area (Å²) in [6.07, 6.45) is 24.4. The van der Waals surface area contributed by atoms with Crippen LogP contribution in [0.25, 0.3) is 90.9 Å². The Kier molecular flexibility index (Phi) is 26.0. The SMILES string of the molecule is Cc1cccc(-c2nnc(-c3[c-]ccc(C4CCCCC4)c3)n2-c2ccncn2)c1.Cc1ccccc1-c1nn(-c2cncnc2)nc1-c1[c-]cccc1.Cc1nc(-c2[c-]cccc2)n(-c2cncnc2)n1.Cc1nc(-c2[c-]cccc2)n(-c2cncnc2)n1.[Ir].[Ir].[Ir].[Ir]. The molecule has 0 N–H and O–H groups in total. The Morgan fingerprint density at radius 3 is 1.50 bits per heavy atom. The van der Waals surface area contributed by atoms with Crippen LogP contribution in [0, 0.1) is 52.0 Å². The predicted molar refractivity (Wildman–Crippen MR) is 341 cm³/mol. The molecule has 8 heterocycles. The van der Waals surface area contributed by atoms with Crippen molar-refractivity contribution in [2.75, 3.05) is 0 Å². The minimum Gasteiger partial charge on any atom is -0.300 e. The third kappa shape index (κ3) is 17.3. The molecule has 6 aromatic carbocycles. The van der Waals surface area contributed by atoms with Gasteiger partial charge in [-0.1, -0.05) is 67.3 Å². The van der Waals surface area contributed by atoms with Crippen LogP contribution in [-0.4, -0.2) is 99.2 Å². The molecule has 0 aliphatic heterocycles. The summed E-state index contributed by atoms with van der Waals surface area (Å²) in [4.78, 5) is 43.0. The van der Waals surface area contributed by atoms with Crippen molar-refractivity contribution in [3.05, 3.63) is 267 Å². The first-order valence-electron chi connectivity index (χ1n) is 29.2. The number of rotatable bonds is 11. The molecular weight excluding hydrogens is 1890 g/mol.